The van der Waals surface area contributed by atoms with Gasteiger partial charge < -0.3 is 9.84 Å². The number of cyclic esters (lactones) is 1. The second-order valence-corrected chi connectivity index (χ2v) is 6.66. The molecule has 1 aliphatic heterocycles. The molecule has 0 aromatic heterocycles. The van der Waals surface area contributed by atoms with Gasteiger partial charge in [-0.05, 0) is 24.5 Å². The minimum atomic E-state index is -0.370. The average Bonchev–Trinajstić information content (AvgIpc) is 2.53. The Kier molecular flexibility index (Phi) is 7.44. The van der Waals surface area contributed by atoms with E-state index in [0.717, 1.165) is 24.8 Å². The van der Waals surface area contributed by atoms with Crippen LogP contribution in [0.5, 0.6) is 5.75 Å². The maximum absolute atomic E-state index is 12.0. The number of aromatic hydroxyl groups is 1. The van der Waals surface area contributed by atoms with Crippen LogP contribution in [0.25, 0.3) is 0 Å². The highest BCUT2D eigenvalue weighted by atomic mass is 16.5. The van der Waals surface area contributed by atoms with Crippen LogP contribution in [0.1, 0.15) is 87.1 Å². The molecule has 3 heteroatoms. The molecule has 23 heavy (non-hydrogen) atoms. The molecule has 1 N–H and O–H groups in total. The molecule has 0 saturated heterocycles. The van der Waals surface area contributed by atoms with Gasteiger partial charge in [0.2, 0.25) is 0 Å². The molecule has 1 aromatic carbocycles. The van der Waals surface area contributed by atoms with Crippen molar-refractivity contribution in [3.63, 3.8) is 0 Å². The number of fused-ring (bicyclic) bond motifs is 1. The molecule has 1 unspecified atom stereocenters. The summed E-state index contributed by atoms with van der Waals surface area (Å²) in [4.78, 5) is 12.0. The van der Waals surface area contributed by atoms with Gasteiger partial charge in [-0.15, -0.1) is 0 Å². The van der Waals surface area contributed by atoms with Crippen molar-refractivity contribution in [2.75, 3.05) is 0 Å². The number of esters is 1. The van der Waals surface area contributed by atoms with Crippen LogP contribution in [0.3, 0.4) is 0 Å². The van der Waals surface area contributed by atoms with E-state index in [2.05, 4.69) is 6.92 Å². The average molecular weight is 318 g/mol. The topological polar surface area (TPSA) is 46.5 Å². The largest absolute Gasteiger partial charge is 0.507 e. The first-order valence-corrected chi connectivity index (χ1v) is 9.24. The van der Waals surface area contributed by atoms with Gasteiger partial charge in [-0.1, -0.05) is 70.4 Å². The zero-order chi connectivity index (χ0) is 16.5. The molecule has 0 spiro atoms. The summed E-state index contributed by atoms with van der Waals surface area (Å²) in [5, 5.41) is 9.76. The van der Waals surface area contributed by atoms with Gasteiger partial charge >= 0.3 is 5.97 Å². The molecule has 0 bridgehead atoms. The number of hydrogen-bond donors (Lipinski definition) is 1. The van der Waals surface area contributed by atoms with Gasteiger partial charge in [0.25, 0.3) is 0 Å². The summed E-state index contributed by atoms with van der Waals surface area (Å²) in [6, 6.07) is 5.25. The first-order valence-electron chi connectivity index (χ1n) is 9.24. The summed E-state index contributed by atoms with van der Waals surface area (Å²) in [5.74, 6) is -0.334. The SMILES string of the molecule is CCCCCCCCCCCC1Cc2cccc(O)c2C(=O)O1. The number of phenolic OH excluding ortho intramolecular Hbond substituents is 1. The van der Waals surface area contributed by atoms with Crippen molar-refractivity contribution in [1.82, 2.24) is 0 Å². The Labute approximate surface area is 140 Å². The number of hydrogen-bond acceptors (Lipinski definition) is 3. The maximum Gasteiger partial charge on any atom is 0.342 e. The molecule has 2 rings (SSSR count). The van der Waals surface area contributed by atoms with Crippen LogP contribution in [0, 0.1) is 0 Å². The van der Waals surface area contributed by atoms with Crippen molar-refractivity contribution >= 4 is 5.97 Å². The van der Waals surface area contributed by atoms with Gasteiger partial charge in [0.1, 0.15) is 17.4 Å². The number of phenols is 1. The van der Waals surface area contributed by atoms with Crippen LogP contribution in [0.4, 0.5) is 0 Å². The smallest absolute Gasteiger partial charge is 0.342 e. The molecule has 0 aliphatic carbocycles. The second kappa shape index (κ2) is 9.59. The van der Waals surface area contributed by atoms with Crippen molar-refractivity contribution < 1.29 is 14.6 Å². The van der Waals surface area contributed by atoms with E-state index in [9.17, 15) is 9.90 Å². The molecule has 0 fully saturated rings. The monoisotopic (exact) mass is 318 g/mol. The minimum Gasteiger partial charge on any atom is -0.507 e. The standard InChI is InChI=1S/C20H30O3/c1-2-3-4-5-6-7-8-9-10-13-17-15-16-12-11-14-18(21)19(16)20(22)23-17/h11-12,14,17,21H,2-10,13,15H2,1H3. The zero-order valence-electron chi connectivity index (χ0n) is 14.4. The van der Waals surface area contributed by atoms with E-state index in [0.29, 0.717) is 5.56 Å². The Bertz CT molecular complexity index is 496. The van der Waals surface area contributed by atoms with Crippen molar-refractivity contribution in [3.8, 4) is 5.75 Å². The molecule has 1 atom stereocenters. The van der Waals surface area contributed by atoms with Gasteiger partial charge in [-0.2, -0.15) is 0 Å². The highest BCUT2D eigenvalue weighted by Crippen LogP contribution is 2.29. The minimum absolute atomic E-state index is 0.0265. The molecule has 0 amide bonds. The van der Waals surface area contributed by atoms with Gasteiger partial charge in [-0.25, -0.2) is 4.79 Å². The molecule has 0 radical (unpaired) electrons. The molecule has 0 saturated carbocycles. The van der Waals surface area contributed by atoms with E-state index in [1.54, 1.807) is 12.1 Å². The molecule has 1 heterocycles. The second-order valence-electron chi connectivity index (χ2n) is 6.66. The fourth-order valence-corrected chi connectivity index (χ4v) is 3.33. The number of ether oxygens (including phenoxy) is 1. The predicted octanol–water partition coefficient (Wildman–Crippen LogP) is 5.39. The van der Waals surface area contributed by atoms with Crippen LogP contribution >= 0.6 is 0 Å². The van der Waals surface area contributed by atoms with E-state index in [-0.39, 0.29) is 17.8 Å². The quantitative estimate of drug-likeness (QED) is 0.464. The molecule has 1 aromatic rings. The fraction of sp³-hybridized carbons (Fsp3) is 0.650. The highest BCUT2D eigenvalue weighted by molar-refractivity contribution is 5.95. The summed E-state index contributed by atoms with van der Waals surface area (Å²) in [5.41, 5.74) is 1.28. The van der Waals surface area contributed by atoms with Gasteiger partial charge in [-0.3, -0.25) is 0 Å². The van der Waals surface area contributed by atoms with Crippen LogP contribution in [-0.2, 0) is 11.2 Å². The normalized spacial score (nSPS) is 16.9. The number of carbonyl (C=O) groups excluding carboxylic acids is 1. The van der Waals surface area contributed by atoms with Crippen LogP contribution in [0.15, 0.2) is 18.2 Å². The third-order valence-corrected chi connectivity index (χ3v) is 4.68. The van der Waals surface area contributed by atoms with Crippen molar-refractivity contribution in [2.24, 2.45) is 0 Å². The summed E-state index contributed by atoms with van der Waals surface area (Å²) in [7, 11) is 0. The third kappa shape index (κ3) is 5.56. The lowest BCUT2D eigenvalue weighted by molar-refractivity contribution is 0.0227. The molecule has 3 nitrogen and oxygen atoms in total. The highest BCUT2D eigenvalue weighted by Gasteiger charge is 2.28. The lowest BCUT2D eigenvalue weighted by Gasteiger charge is -2.25. The van der Waals surface area contributed by atoms with Gasteiger partial charge in [0.15, 0.2) is 0 Å². The molecular weight excluding hydrogens is 288 g/mol. The maximum atomic E-state index is 12.0. The first kappa shape index (κ1) is 17.8. The van der Waals surface area contributed by atoms with Gasteiger partial charge in [0, 0.05) is 6.42 Å². The van der Waals surface area contributed by atoms with E-state index < -0.39 is 0 Å². The zero-order valence-corrected chi connectivity index (χ0v) is 14.4. The van der Waals surface area contributed by atoms with Crippen LogP contribution in [0.2, 0.25) is 0 Å². The number of benzene rings is 1. The number of carbonyl (C=O) groups is 1. The fourth-order valence-electron chi connectivity index (χ4n) is 3.33. The Hall–Kier alpha value is -1.51. The Morgan fingerprint density at radius 2 is 1.70 bits per heavy atom. The summed E-state index contributed by atoms with van der Waals surface area (Å²) >= 11 is 0. The van der Waals surface area contributed by atoms with Crippen LogP contribution < -0.4 is 0 Å². The van der Waals surface area contributed by atoms with Crippen molar-refractivity contribution in [3.05, 3.63) is 29.3 Å². The Balaban J connectivity index is 1.62. The molecule has 1 aliphatic rings. The summed E-state index contributed by atoms with van der Waals surface area (Å²) in [6.07, 6.45) is 13.3. The lowest BCUT2D eigenvalue weighted by atomic mass is 9.95. The Morgan fingerprint density at radius 3 is 2.39 bits per heavy atom. The molecule has 128 valence electrons. The third-order valence-electron chi connectivity index (χ3n) is 4.68. The predicted molar refractivity (Wildman–Crippen MR) is 92.9 cm³/mol. The van der Waals surface area contributed by atoms with Gasteiger partial charge in [0.05, 0.1) is 0 Å². The summed E-state index contributed by atoms with van der Waals surface area (Å²) in [6.45, 7) is 2.25. The van der Waals surface area contributed by atoms with Crippen molar-refractivity contribution in [2.45, 2.75) is 83.7 Å². The van der Waals surface area contributed by atoms with E-state index in [4.69, 9.17) is 4.74 Å². The first-order chi connectivity index (χ1) is 11.2. The van der Waals surface area contributed by atoms with E-state index in [1.165, 1.54) is 51.4 Å². The van der Waals surface area contributed by atoms with Crippen LogP contribution in [-0.4, -0.2) is 17.2 Å². The Morgan fingerprint density at radius 1 is 1.04 bits per heavy atom. The lowest BCUT2D eigenvalue weighted by Crippen LogP contribution is -2.27. The van der Waals surface area contributed by atoms with E-state index in [1.807, 2.05) is 6.07 Å². The number of rotatable bonds is 10. The summed E-state index contributed by atoms with van der Waals surface area (Å²) < 4.78 is 5.47. The number of unbranched alkanes of at least 4 members (excludes halogenated alkanes) is 8. The van der Waals surface area contributed by atoms with Crippen molar-refractivity contribution in [1.29, 1.82) is 0 Å². The molecular formula is C20H30O3. The van der Waals surface area contributed by atoms with E-state index >= 15 is 0 Å².